The van der Waals surface area contributed by atoms with Crippen LogP contribution < -0.4 is 27.3 Å². The summed E-state index contributed by atoms with van der Waals surface area (Å²) in [5.41, 5.74) is 16.6. The highest BCUT2D eigenvalue weighted by Crippen LogP contribution is 2.18. The van der Waals surface area contributed by atoms with Crippen molar-refractivity contribution < 1.29 is 0 Å². The summed E-state index contributed by atoms with van der Waals surface area (Å²) >= 11 is 0. The molecule has 166 valence electrons. The van der Waals surface area contributed by atoms with Gasteiger partial charge in [-0.3, -0.25) is 0 Å². The first-order valence-corrected chi connectivity index (χ1v) is 12.4. The third-order valence-electron chi connectivity index (χ3n) is 7.50. The number of fused-ring (bicyclic) bond motifs is 2. The quantitative estimate of drug-likeness (QED) is 0.420. The Labute approximate surface area is 205 Å². The van der Waals surface area contributed by atoms with Crippen LogP contribution in [0.3, 0.4) is 0 Å². The lowest BCUT2D eigenvalue weighted by Crippen LogP contribution is -2.72. The zero-order valence-electron chi connectivity index (χ0n) is 21.2. The van der Waals surface area contributed by atoms with Crippen LogP contribution in [0.5, 0.6) is 0 Å². The molecule has 0 saturated carbocycles. The fourth-order valence-electron chi connectivity index (χ4n) is 6.26. The van der Waals surface area contributed by atoms with Crippen molar-refractivity contribution >= 4 is 46.8 Å². The Kier molecular flexibility index (Phi) is 5.86. The van der Waals surface area contributed by atoms with Crippen LogP contribution in [0, 0.1) is 41.5 Å². The Morgan fingerprint density at radius 2 is 0.941 bits per heavy atom. The Morgan fingerprint density at radius 3 is 1.41 bits per heavy atom. The Balaban J connectivity index is 1.71. The van der Waals surface area contributed by atoms with Crippen LogP contribution in [0.1, 0.15) is 38.9 Å². The van der Waals surface area contributed by atoms with Gasteiger partial charge in [-0.05, 0) is 58.2 Å². The smallest absolute Gasteiger partial charge is 0.105 e. The minimum absolute atomic E-state index is 0.245. The van der Waals surface area contributed by atoms with Crippen molar-refractivity contribution in [2.24, 2.45) is 0 Å². The summed E-state index contributed by atoms with van der Waals surface area (Å²) < 4.78 is 0. The summed E-state index contributed by atoms with van der Waals surface area (Å²) in [5, 5.41) is 0. The molecule has 1 aliphatic rings. The fraction of sp³-hybridized carbons (Fsp3) is 0.188. The molecule has 0 aliphatic carbocycles. The van der Waals surface area contributed by atoms with E-state index < -0.39 is 0 Å². The molecule has 0 fully saturated rings. The molecule has 0 amide bonds. The lowest BCUT2D eigenvalue weighted by atomic mass is 9.22. The molecule has 0 bridgehead atoms. The van der Waals surface area contributed by atoms with E-state index in [-0.39, 0.29) is 13.4 Å². The van der Waals surface area contributed by atoms with Gasteiger partial charge in [0.25, 0.3) is 0 Å². The van der Waals surface area contributed by atoms with Gasteiger partial charge in [-0.1, -0.05) is 128 Å². The van der Waals surface area contributed by atoms with Crippen LogP contribution in [-0.2, 0) is 0 Å². The van der Waals surface area contributed by atoms with E-state index in [0.717, 1.165) is 0 Å². The highest BCUT2D eigenvalue weighted by atomic mass is 14.1. The summed E-state index contributed by atoms with van der Waals surface area (Å²) in [4.78, 5) is 0. The van der Waals surface area contributed by atoms with Crippen molar-refractivity contribution in [3.63, 3.8) is 0 Å². The number of benzene rings is 4. The zero-order valence-corrected chi connectivity index (χ0v) is 21.2. The standard InChI is InChI=1S/C32H32B2/c1-21-17-23(3)27(24(4)18-21)15-16-33-28-11-7-9-13-30(28)34(31-14-10-8-12-29(31)33)32-25(5)19-22(2)20-26(32)6/h7-20H,1-6H3/b16-15+. The Morgan fingerprint density at radius 1 is 0.529 bits per heavy atom. The van der Waals surface area contributed by atoms with Crippen molar-refractivity contribution in [1.29, 1.82) is 0 Å². The van der Waals surface area contributed by atoms with Gasteiger partial charge < -0.3 is 0 Å². The van der Waals surface area contributed by atoms with Gasteiger partial charge in [0, 0.05) is 0 Å². The number of rotatable bonds is 3. The molecule has 0 saturated heterocycles. The normalized spacial score (nSPS) is 12.8. The van der Waals surface area contributed by atoms with Gasteiger partial charge in [0.15, 0.2) is 0 Å². The molecule has 0 N–H and O–H groups in total. The third kappa shape index (κ3) is 3.86. The van der Waals surface area contributed by atoms with Crippen LogP contribution >= 0.6 is 0 Å². The zero-order chi connectivity index (χ0) is 24.0. The summed E-state index contributed by atoms with van der Waals surface area (Å²) in [5.74, 6) is 2.42. The molecule has 0 aromatic heterocycles. The Hall–Kier alpha value is -3.25. The molecule has 0 unspecified atom stereocenters. The van der Waals surface area contributed by atoms with Gasteiger partial charge in [-0.25, -0.2) is 0 Å². The second kappa shape index (κ2) is 8.84. The molecule has 34 heavy (non-hydrogen) atoms. The maximum Gasteiger partial charge on any atom is 0.240 e. The van der Waals surface area contributed by atoms with Gasteiger partial charge in [0.1, 0.15) is 0 Å². The topological polar surface area (TPSA) is 0 Å². The molecule has 1 aliphatic heterocycles. The summed E-state index contributed by atoms with van der Waals surface area (Å²) in [6, 6.07) is 27.4. The van der Waals surface area contributed by atoms with Crippen LogP contribution in [0.25, 0.3) is 6.08 Å². The summed E-state index contributed by atoms with van der Waals surface area (Å²) in [7, 11) is 0. The Bertz CT molecular complexity index is 1330. The molecule has 0 atom stereocenters. The molecule has 2 heteroatoms. The molecule has 0 spiro atoms. The van der Waals surface area contributed by atoms with E-state index in [1.165, 1.54) is 66.3 Å². The van der Waals surface area contributed by atoms with Crippen molar-refractivity contribution in [2.75, 3.05) is 0 Å². The minimum atomic E-state index is 0.245. The molecule has 0 nitrogen and oxygen atoms in total. The lowest BCUT2D eigenvalue weighted by Gasteiger charge is -2.32. The number of hydrogen-bond donors (Lipinski definition) is 0. The predicted octanol–water partition coefficient (Wildman–Crippen LogP) is 4.23. The highest BCUT2D eigenvalue weighted by molar-refractivity contribution is 7.09. The van der Waals surface area contributed by atoms with Crippen LogP contribution in [0.15, 0.2) is 78.8 Å². The van der Waals surface area contributed by atoms with E-state index in [0.29, 0.717) is 0 Å². The molecular weight excluding hydrogens is 406 g/mol. The van der Waals surface area contributed by atoms with Crippen LogP contribution in [-0.4, -0.2) is 13.4 Å². The average Bonchev–Trinajstić information content (AvgIpc) is 2.78. The summed E-state index contributed by atoms with van der Waals surface area (Å²) in [6.07, 6.45) is 2.35. The SMILES string of the molecule is Cc1cc(C)c(/C=C/B2c3ccccc3B(c3c(C)cc(C)cc3C)c3ccccc32)c(C)c1. The number of aryl methyl sites for hydroxylation is 6. The van der Waals surface area contributed by atoms with Crippen molar-refractivity contribution in [3.05, 3.63) is 118 Å². The second-order valence-corrected chi connectivity index (χ2v) is 10.2. The van der Waals surface area contributed by atoms with Crippen molar-refractivity contribution in [2.45, 2.75) is 41.5 Å². The second-order valence-electron chi connectivity index (χ2n) is 10.2. The van der Waals surface area contributed by atoms with Gasteiger partial charge in [-0.2, -0.15) is 0 Å². The van der Waals surface area contributed by atoms with E-state index in [4.69, 9.17) is 0 Å². The van der Waals surface area contributed by atoms with Gasteiger partial charge in [0.05, 0.1) is 0 Å². The fourth-order valence-corrected chi connectivity index (χ4v) is 6.26. The largest absolute Gasteiger partial charge is 0.240 e. The van der Waals surface area contributed by atoms with Crippen LogP contribution in [0.4, 0.5) is 0 Å². The molecule has 1 heterocycles. The van der Waals surface area contributed by atoms with E-state index in [9.17, 15) is 0 Å². The number of hydrogen-bond acceptors (Lipinski definition) is 0. The predicted molar refractivity (Wildman–Crippen MR) is 153 cm³/mol. The van der Waals surface area contributed by atoms with E-state index >= 15 is 0 Å². The minimum Gasteiger partial charge on any atom is -0.105 e. The molecule has 5 rings (SSSR count). The third-order valence-corrected chi connectivity index (χ3v) is 7.50. The average molecular weight is 438 g/mol. The van der Waals surface area contributed by atoms with Crippen LogP contribution in [0.2, 0.25) is 0 Å². The molecular formula is C32H32B2. The summed E-state index contributed by atoms with van der Waals surface area (Å²) in [6.45, 7) is 13.9. The van der Waals surface area contributed by atoms with E-state index in [1.807, 2.05) is 0 Å². The van der Waals surface area contributed by atoms with Crippen molar-refractivity contribution in [1.82, 2.24) is 0 Å². The first-order chi connectivity index (χ1) is 16.3. The maximum absolute atomic E-state index is 2.42. The first-order valence-electron chi connectivity index (χ1n) is 12.4. The molecule has 0 radical (unpaired) electrons. The van der Waals surface area contributed by atoms with Gasteiger partial charge in [-0.15, -0.1) is 5.98 Å². The van der Waals surface area contributed by atoms with E-state index in [1.54, 1.807) is 0 Å². The molecule has 4 aromatic carbocycles. The van der Waals surface area contributed by atoms with Gasteiger partial charge in [0.2, 0.25) is 13.4 Å². The first kappa shape index (κ1) is 22.5. The van der Waals surface area contributed by atoms with E-state index in [2.05, 4.69) is 126 Å². The lowest BCUT2D eigenvalue weighted by molar-refractivity contribution is 1.30. The highest BCUT2D eigenvalue weighted by Gasteiger charge is 2.37. The van der Waals surface area contributed by atoms with Gasteiger partial charge >= 0.3 is 0 Å². The monoisotopic (exact) mass is 438 g/mol. The maximum atomic E-state index is 2.42. The van der Waals surface area contributed by atoms with Crippen molar-refractivity contribution in [3.8, 4) is 0 Å². The molecule has 4 aromatic rings.